The largest absolute Gasteiger partial charge is 0.495 e. The van der Waals surface area contributed by atoms with E-state index in [1.165, 1.54) is 11.1 Å². The molecule has 10 nitrogen and oxygen atoms in total. The number of rotatable bonds is 6. The summed E-state index contributed by atoms with van der Waals surface area (Å²) in [5, 5.41) is 9.19. The quantitative estimate of drug-likeness (QED) is 0.480. The monoisotopic (exact) mass is 482 g/mol. The molecular weight excluding hydrogens is 460 g/mol. The average molecular weight is 483 g/mol. The standard InChI is InChI=1S/C23H23ClN6O4/c1-25-21(31)13-6-4-5-7-16(13)27-20-15(24)12-26-22(29-20)28-19-14-10-11-34-23(32)30(2)17(14)8-9-18(19)33-3/h4-9,12H,10-11H2,1-3H3,(H,25,31)(H2,26,27,28,29). The lowest BCUT2D eigenvalue weighted by Gasteiger charge is -2.20. The second-order valence-corrected chi connectivity index (χ2v) is 7.74. The number of nitrogens with one attached hydrogen (secondary N) is 3. The summed E-state index contributed by atoms with van der Waals surface area (Å²) in [6, 6.07) is 10.6. The van der Waals surface area contributed by atoms with Crippen LogP contribution in [0.4, 0.5) is 33.6 Å². The summed E-state index contributed by atoms with van der Waals surface area (Å²) in [4.78, 5) is 34.6. The van der Waals surface area contributed by atoms with Gasteiger partial charge in [0.1, 0.15) is 10.8 Å². The molecule has 0 bridgehead atoms. The van der Waals surface area contributed by atoms with Gasteiger partial charge in [-0.2, -0.15) is 4.98 Å². The summed E-state index contributed by atoms with van der Waals surface area (Å²) in [6.07, 6.45) is 1.50. The third kappa shape index (κ3) is 4.53. The van der Waals surface area contributed by atoms with Gasteiger partial charge in [-0.3, -0.25) is 9.69 Å². The number of nitrogens with zero attached hydrogens (tertiary/aromatic N) is 3. The van der Waals surface area contributed by atoms with Crippen LogP contribution in [-0.2, 0) is 11.2 Å². The molecule has 0 atom stereocenters. The van der Waals surface area contributed by atoms with Gasteiger partial charge in [-0.15, -0.1) is 0 Å². The van der Waals surface area contributed by atoms with Gasteiger partial charge in [0, 0.05) is 26.1 Å². The Kier molecular flexibility index (Phi) is 6.69. The van der Waals surface area contributed by atoms with Crippen molar-refractivity contribution < 1.29 is 19.1 Å². The molecule has 176 valence electrons. The van der Waals surface area contributed by atoms with Gasteiger partial charge in [0.25, 0.3) is 5.91 Å². The zero-order chi connectivity index (χ0) is 24.2. The van der Waals surface area contributed by atoms with E-state index in [1.807, 2.05) is 0 Å². The summed E-state index contributed by atoms with van der Waals surface area (Å²) in [6.45, 7) is 0.225. The summed E-state index contributed by atoms with van der Waals surface area (Å²) >= 11 is 6.34. The van der Waals surface area contributed by atoms with Crippen molar-refractivity contribution in [1.29, 1.82) is 0 Å². The summed E-state index contributed by atoms with van der Waals surface area (Å²) < 4.78 is 10.8. The first-order valence-electron chi connectivity index (χ1n) is 10.4. The van der Waals surface area contributed by atoms with Crippen LogP contribution in [0.25, 0.3) is 0 Å². The van der Waals surface area contributed by atoms with Crippen LogP contribution >= 0.6 is 11.6 Å². The molecule has 0 unspecified atom stereocenters. The van der Waals surface area contributed by atoms with Crippen molar-refractivity contribution in [3.8, 4) is 5.75 Å². The second kappa shape index (κ2) is 9.84. The summed E-state index contributed by atoms with van der Waals surface area (Å²) in [7, 11) is 4.76. The molecule has 0 aliphatic carbocycles. The summed E-state index contributed by atoms with van der Waals surface area (Å²) in [5.41, 5.74) is 3.11. The number of amides is 2. The van der Waals surface area contributed by atoms with Gasteiger partial charge >= 0.3 is 6.09 Å². The van der Waals surface area contributed by atoms with Crippen LogP contribution in [0.5, 0.6) is 5.75 Å². The number of carbonyl (C=O) groups excluding carboxylic acids is 2. The van der Waals surface area contributed by atoms with E-state index >= 15 is 0 Å². The number of anilines is 5. The van der Waals surface area contributed by atoms with Crippen LogP contribution in [0.1, 0.15) is 15.9 Å². The van der Waals surface area contributed by atoms with Crippen molar-refractivity contribution in [1.82, 2.24) is 15.3 Å². The lowest BCUT2D eigenvalue weighted by molar-refractivity contribution is 0.0964. The lowest BCUT2D eigenvalue weighted by atomic mass is 10.1. The minimum absolute atomic E-state index is 0.225. The van der Waals surface area contributed by atoms with E-state index < -0.39 is 6.09 Å². The molecule has 3 N–H and O–H groups in total. The maximum Gasteiger partial charge on any atom is 0.414 e. The first-order chi connectivity index (χ1) is 16.4. The normalized spacial score (nSPS) is 12.8. The number of cyclic esters (lactones) is 1. The fourth-order valence-electron chi connectivity index (χ4n) is 3.60. The van der Waals surface area contributed by atoms with E-state index in [2.05, 4.69) is 25.9 Å². The van der Waals surface area contributed by atoms with Gasteiger partial charge in [-0.1, -0.05) is 23.7 Å². The Hall–Kier alpha value is -4.05. The van der Waals surface area contributed by atoms with Gasteiger partial charge in [0.2, 0.25) is 5.95 Å². The highest BCUT2D eigenvalue weighted by molar-refractivity contribution is 6.33. The second-order valence-electron chi connectivity index (χ2n) is 7.33. The maximum absolute atomic E-state index is 12.2. The molecule has 11 heteroatoms. The number of ether oxygens (including phenoxy) is 2. The zero-order valence-electron chi connectivity index (χ0n) is 18.8. The molecule has 1 aromatic heterocycles. The molecule has 0 radical (unpaired) electrons. The van der Waals surface area contributed by atoms with E-state index in [1.54, 1.807) is 57.6 Å². The first kappa shape index (κ1) is 23.1. The fourth-order valence-corrected chi connectivity index (χ4v) is 3.74. The maximum atomic E-state index is 12.2. The fraction of sp³-hybridized carbons (Fsp3) is 0.217. The number of methoxy groups -OCH3 is 1. The molecule has 0 saturated carbocycles. The van der Waals surface area contributed by atoms with Gasteiger partial charge in [-0.25, -0.2) is 9.78 Å². The molecule has 1 aliphatic rings. The summed E-state index contributed by atoms with van der Waals surface area (Å²) in [5.74, 6) is 0.867. The number of para-hydroxylation sites is 1. The minimum Gasteiger partial charge on any atom is -0.495 e. The van der Waals surface area contributed by atoms with E-state index in [9.17, 15) is 9.59 Å². The topological polar surface area (TPSA) is 118 Å². The van der Waals surface area contributed by atoms with Crippen molar-refractivity contribution in [2.45, 2.75) is 6.42 Å². The predicted molar refractivity (Wildman–Crippen MR) is 130 cm³/mol. The van der Waals surface area contributed by atoms with Crippen molar-refractivity contribution in [2.24, 2.45) is 0 Å². The Morgan fingerprint density at radius 2 is 2.00 bits per heavy atom. The van der Waals surface area contributed by atoms with Crippen LogP contribution in [0.15, 0.2) is 42.6 Å². The highest BCUT2D eigenvalue weighted by atomic mass is 35.5. The average Bonchev–Trinajstić information content (AvgIpc) is 2.99. The molecule has 2 amide bonds. The smallest absolute Gasteiger partial charge is 0.414 e. The number of aromatic nitrogens is 2. The van der Waals surface area contributed by atoms with Crippen molar-refractivity contribution in [3.63, 3.8) is 0 Å². The molecule has 0 saturated heterocycles. The van der Waals surface area contributed by atoms with E-state index in [0.29, 0.717) is 40.6 Å². The van der Waals surface area contributed by atoms with Crippen LogP contribution in [0, 0.1) is 0 Å². The van der Waals surface area contributed by atoms with Crippen LogP contribution in [-0.4, -0.2) is 49.8 Å². The molecule has 0 fully saturated rings. The van der Waals surface area contributed by atoms with Crippen molar-refractivity contribution >= 4 is 52.4 Å². The molecule has 3 aromatic rings. The Morgan fingerprint density at radius 3 is 2.76 bits per heavy atom. The Morgan fingerprint density at radius 1 is 1.21 bits per heavy atom. The highest BCUT2D eigenvalue weighted by Crippen LogP contribution is 2.39. The van der Waals surface area contributed by atoms with E-state index in [0.717, 1.165) is 5.56 Å². The Labute approximate surface area is 201 Å². The molecular formula is C23H23ClN6O4. The highest BCUT2D eigenvalue weighted by Gasteiger charge is 2.25. The molecule has 2 aromatic carbocycles. The van der Waals surface area contributed by atoms with Crippen molar-refractivity contribution in [2.75, 3.05) is 43.3 Å². The zero-order valence-corrected chi connectivity index (χ0v) is 19.6. The number of hydrogen-bond acceptors (Lipinski definition) is 8. The number of hydrogen-bond donors (Lipinski definition) is 3. The van der Waals surface area contributed by atoms with E-state index in [4.69, 9.17) is 21.1 Å². The van der Waals surface area contributed by atoms with Crippen LogP contribution in [0.3, 0.4) is 0 Å². The predicted octanol–water partition coefficient (Wildman–Crippen LogP) is 4.11. The van der Waals surface area contributed by atoms with Gasteiger partial charge in [0.05, 0.1) is 42.5 Å². The van der Waals surface area contributed by atoms with Gasteiger partial charge in [-0.05, 0) is 24.3 Å². The minimum atomic E-state index is -0.432. The molecule has 0 spiro atoms. The van der Waals surface area contributed by atoms with Gasteiger partial charge in [0.15, 0.2) is 5.82 Å². The lowest BCUT2D eigenvalue weighted by Crippen LogP contribution is -2.25. The third-order valence-electron chi connectivity index (χ3n) is 5.32. The van der Waals surface area contributed by atoms with Gasteiger partial charge < -0.3 is 25.4 Å². The van der Waals surface area contributed by atoms with Crippen LogP contribution < -0.4 is 25.6 Å². The Bertz CT molecular complexity index is 1250. The molecule has 1 aliphatic heterocycles. The number of benzene rings is 2. The Balaban J connectivity index is 1.71. The number of fused-ring (bicyclic) bond motifs is 1. The third-order valence-corrected chi connectivity index (χ3v) is 5.59. The van der Waals surface area contributed by atoms with Crippen molar-refractivity contribution in [3.05, 3.63) is 58.7 Å². The molecule has 2 heterocycles. The molecule has 4 rings (SSSR count). The SMILES string of the molecule is CNC(=O)c1ccccc1Nc1nc(Nc2c(OC)ccc3c2CCOC(=O)N3C)ncc1Cl. The van der Waals surface area contributed by atoms with E-state index in [-0.39, 0.29) is 23.5 Å². The number of halogens is 1. The number of carbonyl (C=O) groups is 2. The first-order valence-corrected chi connectivity index (χ1v) is 10.8. The molecule has 34 heavy (non-hydrogen) atoms. The van der Waals surface area contributed by atoms with Crippen LogP contribution in [0.2, 0.25) is 5.02 Å².